The maximum absolute atomic E-state index is 13.1. The first-order valence-corrected chi connectivity index (χ1v) is 8.75. The molecule has 0 saturated carbocycles. The number of methoxy groups -OCH3 is 2. The Morgan fingerprint density at radius 2 is 1.72 bits per heavy atom. The Morgan fingerprint density at radius 1 is 1.08 bits per heavy atom. The summed E-state index contributed by atoms with van der Waals surface area (Å²) in [5.41, 5.74) is 3.46. The average molecular weight is 339 g/mol. The van der Waals surface area contributed by atoms with E-state index in [2.05, 4.69) is 6.92 Å². The van der Waals surface area contributed by atoms with Crippen LogP contribution in [-0.4, -0.2) is 31.6 Å². The molecule has 25 heavy (non-hydrogen) atoms. The maximum Gasteiger partial charge on any atom is 0.230 e. The van der Waals surface area contributed by atoms with E-state index in [0.717, 1.165) is 36.3 Å². The number of fused-ring (bicyclic) bond motifs is 1. The monoisotopic (exact) mass is 339 g/mol. The Hall–Kier alpha value is -2.49. The molecule has 4 nitrogen and oxygen atoms in total. The molecule has 0 fully saturated rings. The van der Waals surface area contributed by atoms with E-state index < -0.39 is 0 Å². The molecule has 0 saturated heterocycles. The Kier molecular flexibility index (Phi) is 5.27. The van der Waals surface area contributed by atoms with Crippen molar-refractivity contribution >= 4 is 5.91 Å². The van der Waals surface area contributed by atoms with Crippen LogP contribution in [0.1, 0.15) is 36.0 Å². The van der Waals surface area contributed by atoms with Gasteiger partial charge < -0.3 is 14.4 Å². The molecule has 132 valence electrons. The third-order valence-electron chi connectivity index (χ3n) is 4.94. The zero-order valence-electron chi connectivity index (χ0n) is 15.1. The molecule has 0 unspecified atom stereocenters. The van der Waals surface area contributed by atoms with Crippen molar-refractivity contribution in [2.75, 3.05) is 20.8 Å². The van der Waals surface area contributed by atoms with E-state index in [1.807, 2.05) is 47.4 Å². The minimum atomic E-state index is -0.0807. The number of nitrogens with zero attached hydrogens (tertiary/aromatic N) is 1. The van der Waals surface area contributed by atoms with E-state index >= 15 is 0 Å². The zero-order chi connectivity index (χ0) is 17.8. The summed E-state index contributed by atoms with van der Waals surface area (Å²) in [6.07, 6.45) is 1.64. The number of hydrogen-bond donors (Lipinski definition) is 0. The first-order valence-electron chi connectivity index (χ1n) is 8.75. The lowest BCUT2D eigenvalue weighted by molar-refractivity contribution is -0.133. The van der Waals surface area contributed by atoms with Crippen molar-refractivity contribution in [1.29, 1.82) is 0 Å². The van der Waals surface area contributed by atoms with Crippen LogP contribution < -0.4 is 9.47 Å². The molecule has 4 heteroatoms. The van der Waals surface area contributed by atoms with Gasteiger partial charge in [-0.2, -0.15) is 0 Å². The van der Waals surface area contributed by atoms with Crippen LogP contribution in [-0.2, 0) is 17.8 Å². The third-order valence-corrected chi connectivity index (χ3v) is 4.94. The average Bonchev–Trinajstić information content (AvgIpc) is 2.67. The standard InChI is InChI=1S/C21H25NO3/c1-4-18(15-8-6-5-7-9-15)21(23)22-11-10-16-12-19(24-2)20(25-3)13-17(16)14-22/h5-9,12-13,18H,4,10-11,14H2,1-3H3/t18-/m1/s1. The van der Waals surface area contributed by atoms with E-state index in [9.17, 15) is 4.79 Å². The SMILES string of the molecule is CC[C@@H](C(=O)N1CCc2cc(OC)c(OC)cc2C1)c1ccccc1. The van der Waals surface area contributed by atoms with Crippen molar-refractivity contribution in [2.45, 2.75) is 32.2 Å². The number of carbonyl (C=O) groups excluding carboxylic acids is 1. The van der Waals surface area contributed by atoms with Crippen molar-refractivity contribution < 1.29 is 14.3 Å². The highest BCUT2D eigenvalue weighted by molar-refractivity contribution is 5.84. The van der Waals surface area contributed by atoms with Crippen molar-refractivity contribution in [3.63, 3.8) is 0 Å². The molecule has 0 spiro atoms. The minimum Gasteiger partial charge on any atom is -0.493 e. The molecule has 1 amide bonds. The molecular formula is C21H25NO3. The summed E-state index contributed by atoms with van der Waals surface area (Å²) in [5.74, 6) is 1.58. The number of carbonyl (C=O) groups is 1. The van der Waals surface area contributed by atoms with Gasteiger partial charge in [0, 0.05) is 13.1 Å². The second-order valence-corrected chi connectivity index (χ2v) is 6.36. The first-order chi connectivity index (χ1) is 12.2. The van der Waals surface area contributed by atoms with Crippen LogP contribution in [0.3, 0.4) is 0 Å². The van der Waals surface area contributed by atoms with Crippen LogP contribution in [0, 0.1) is 0 Å². The molecule has 1 aliphatic heterocycles. The Morgan fingerprint density at radius 3 is 2.32 bits per heavy atom. The molecule has 0 radical (unpaired) electrons. The smallest absolute Gasteiger partial charge is 0.230 e. The number of hydrogen-bond acceptors (Lipinski definition) is 3. The van der Waals surface area contributed by atoms with E-state index in [0.29, 0.717) is 12.3 Å². The largest absolute Gasteiger partial charge is 0.493 e. The van der Waals surface area contributed by atoms with Crippen LogP contribution in [0.5, 0.6) is 11.5 Å². The van der Waals surface area contributed by atoms with Gasteiger partial charge in [-0.25, -0.2) is 0 Å². The number of amides is 1. The van der Waals surface area contributed by atoms with Crippen LogP contribution in [0.25, 0.3) is 0 Å². The van der Waals surface area contributed by atoms with E-state index in [1.165, 1.54) is 5.56 Å². The van der Waals surface area contributed by atoms with Crippen LogP contribution in [0.2, 0.25) is 0 Å². The van der Waals surface area contributed by atoms with Gasteiger partial charge >= 0.3 is 0 Å². The van der Waals surface area contributed by atoms with Gasteiger partial charge in [-0.1, -0.05) is 37.3 Å². The van der Waals surface area contributed by atoms with Crippen molar-refractivity contribution in [3.8, 4) is 11.5 Å². The first kappa shape index (κ1) is 17.3. The summed E-state index contributed by atoms with van der Waals surface area (Å²) in [6.45, 7) is 3.43. The number of ether oxygens (including phenoxy) is 2. The van der Waals surface area contributed by atoms with Crippen LogP contribution >= 0.6 is 0 Å². The van der Waals surface area contributed by atoms with E-state index in [4.69, 9.17) is 9.47 Å². The van der Waals surface area contributed by atoms with Crippen molar-refractivity contribution in [1.82, 2.24) is 4.90 Å². The van der Waals surface area contributed by atoms with Crippen LogP contribution in [0.15, 0.2) is 42.5 Å². The summed E-state index contributed by atoms with van der Waals surface area (Å²) < 4.78 is 10.8. The highest BCUT2D eigenvalue weighted by Crippen LogP contribution is 2.34. The molecule has 1 aliphatic rings. The van der Waals surface area contributed by atoms with Gasteiger partial charge in [0.15, 0.2) is 11.5 Å². The molecule has 1 heterocycles. The van der Waals surface area contributed by atoms with Crippen LogP contribution in [0.4, 0.5) is 0 Å². The molecule has 2 aromatic carbocycles. The fraction of sp³-hybridized carbons (Fsp3) is 0.381. The van der Waals surface area contributed by atoms with Gasteiger partial charge in [0.05, 0.1) is 20.1 Å². The summed E-state index contributed by atoms with van der Waals surface area (Å²) in [4.78, 5) is 15.1. The van der Waals surface area contributed by atoms with Gasteiger partial charge in [0.2, 0.25) is 5.91 Å². The van der Waals surface area contributed by atoms with Gasteiger partial charge in [-0.15, -0.1) is 0 Å². The second kappa shape index (κ2) is 7.60. The predicted molar refractivity (Wildman–Crippen MR) is 98.1 cm³/mol. The molecule has 0 aromatic heterocycles. The topological polar surface area (TPSA) is 38.8 Å². The highest BCUT2D eigenvalue weighted by atomic mass is 16.5. The number of benzene rings is 2. The number of rotatable bonds is 5. The molecule has 3 rings (SSSR count). The molecule has 0 bridgehead atoms. The quantitative estimate of drug-likeness (QED) is 0.832. The third kappa shape index (κ3) is 3.48. The Bertz CT molecular complexity index is 742. The fourth-order valence-electron chi connectivity index (χ4n) is 3.53. The summed E-state index contributed by atoms with van der Waals surface area (Å²) in [6, 6.07) is 14.1. The lowest BCUT2D eigenvalue weighted by Gasteiger charge is -2.32. The molecule has 2 aromatic rings. The van der Waals surface area contributed by atoms with Crippen molar-refractivity contribution in [2.24, 2.45) is 0 Å². The minimum absolute atomic E-state index is 0.0807. The van der Waals surface area contributed by atoms with Gasteiger partial charge in [0.25, 0.3) is 0 Å². The molecular weight excluding hydrogens is 314 g/mol. The highest BCUT2D eigenvalue weighted by Gasteiger charge is 2.28. The summed E-state index contributed by atoms with van der Waals surface area (Å²) >= 11 is 0. The van der Waals surface area contributed by atoms with E-state index in [1.54, 1.807) is 14.2 Å². The Balaban J connectivity index is 1.83. The lowest BCUT2D eigenvalue weighted by atomic mass is 9.92. The fourth-order valence-corrected chi connectivity index (χ4v) is 3.53. The summed E-state index contributed by atoms with van der Waals surface area (Å²) in [5, 5.41) is 0. The van der Waals surface area contributed by atoms with Gasteiger partial charge in [0.1, 0.15) is 0 Å². The van der Waals surface area contributed by atoms with Gasteiger partial charge in [-0.3, -0.25) is 4.79 Å². The molecule has 0 N–H and O–H groups in total. The Labute approximate surface area is 149 Å². The zero-order valence-corrected chi connectivity index (χ0v) is 15.1. The lowest BCUT2D eigenvalue weighted by Crippen LogP contribution is -2.39. The molecule has 0 aliphatic carbocycles. The summed E-state index contributed by atoms with van der Waals surface area (Å²) in [7, 11) is 3.28. The second-order valence-electron chi connectivity index (χ2n) is 6.36. The predicted octanol–water partition coefficient (Wildman–Crippen LogP) is 3.78. The van der Waals surface area contributed by atoms with E-state index in [-0.39, 0.29) is 11.8 Å². The molecule has 1 atom stereocenters. The normalized spacial score (nSPS) is 14.6. The maximum atomic E-state index is 13.1. The van der Waals surface area contributed by atoms with Crippen molar-refractivity contribution in [3.05, 3.63) is 59.2 Å². The van der Waals surface area contributed by atoms with Gasteiger partial charge in [-0.05, 0) is 41.7 Å².